The van der Waals surface area contributed by atoms with E-state index in [0.717, 1.165) is 39.3 Å². The van der Waals surface area contributed by atoms with Crippen LogP contribution in [0.25, 0.3) is 67.5 Å². The van der Waals surface area contributed by atoms with E-state index < -0.39 is 5.41 Å². The number of nitrogens with zero attached hydrogens (tertiary/aromatic N) is 4. The Balaban J connectivity index is 0.973. The van der Waals surface area contributed by atoms with Crippen molar-refractivity contribution in [3.63, 3.8) is 0 Å². The minimum Gasteiger partial charge on any atom is -0.311 e. The van der Waals surface area contributed by atoms with Gasteiger partial charge in [0.2, 0.25) is 0 Å². The van der Waals surface area contributed by atoms with Gasteiger partial charge in [0.1, 0.15) is 0 Å². The third-order valence-corrected chi connectivity index (χ3v) is 13.6. The molecule has 4 nitrogen and oxygen atoms in total. The van der Waals surface area contributed by atoms with E-state index in [4.69, 9.17) is 15.0 Å². The molecule has 1 atom stereocenters. The van der Waals surface area contributed by atoms with Crippen LogP contribution in [0.1, 0.15) is 27.8 Å². The average molecular weight is 883 g/mol. The number of aromatic nitrogens is 3. The number of hydrogen-bond donors (Lipinski definition) is 0. The van der Waals surface area contributed by atoms with E-state index in [0.29, 0.717) is 17.5 Å². The van der Waals surface area contributed by atoms with Crippen molar-refractivity contribution in [3.05, 3.63) is 289 Å². The first-order valence-electron chi connectivity index (χ1n) is 23.5. The first-order chi connectivity index (χ1) is 34.1. The summed E-state index contributed by atoms with van der Waals surface area (Å²) in [5, 5.41) is 0. The Morgan fingerprint density at radius 1 is 0.290 bits per heavy atom. The maximum atomic E-state index is 5.01. The van der Waals surface area contributed by atoms with Crippen molar-refractivity contribution < 1.29 is 0 Å². The molecule has 1 unspecified atom stereocenters. The molecule has 0 spiro atoms. The second kappa shape index (κ2) is 17.7. The summed E-state index contributed by atoms with van der Waals surface area (Å²) in [6.45, 7) is 2.29. The minimum absolute atomic E-state index is 0.590. The van der Waals surface area contributed by atoms with Gasteiger partial charge in [0, 0.05) is 33.8 Å². The lowest BCUT2D eigenvalue weighted by Crippen LogP contribution is -2.29. The topological polar surface area (TPSA) is 41.9 Å². The van der Waals surface area contributed by atoms with Crippen molar-refractivity contribution in [2.75, 3.05) is 4.90 Å². The zero-order chi connectivity index (χ0) is 46.2. The summed E-state index contributed by atoms with van der Waals surface area (Å²) in [5.74, 6) is 1.93. The highest BCUT2D eigenvalue weighted by atomic mass is 15.1. The largest absolute Gasteiger partial charge is 0.311 e. The molecule has 10 aromatic carbocycles. The van der Waals surface area contributed by atoms with Crippen LogP contribution in [0.4, 0.5) is 17.1 Å². The molecular formula is C65H46N4. The molecule has 0 saturated carbocycles. The Kier molecular flexibility index (Phi) is 10.6. The lowest BCUT2D eigenvalue weighted by Gasteiger charge is -2.36. The first-order valence-corrected chi connectivity index (χ1v) is 23.5. The molecule has 11 aromatic rings. The highest BCUT2D eigenvalue weighted by molar-refractivity contribution is 5.96. The van der Waals surface area contributed by atoms with Crippen LogP contribution in [-0.4, -0.2) is 15.0 Å². The molecule has 69 heavy (non-hydrogen) atoms. The quantitative estimate of drug-likeness (QED) is 0.137. The molecule has 1 heterocycles. The van der Waals surface area contributed by atoms with Crippen LogP contribution in [0.5, 0.6) is 0 Å². The fraction of sp³-hybridized carbons (Fsp3) is 0.0308. The molecule has 0 amide bonds. The fourth-order valence-corrected chi connectivity index (χ4v) is 10.5. The van der Waals surface area contributed by atoms with E-state index in [9.17, 15) is 0 Å². The number of hydrogen-bond acceptors (Lipinski definition) is 4. The van der Waals surface area contributed by atoms with E-state index in [2.05, 4.69) is 212 Å². The molecule has 4 heteroatoms. The van der Waals surface area contributed by atoms with Gasteiger partial charge in [-0.15, -0.1) is 0 Å². The Morgan fingerprint density at radius 2 is 0.667 bits per heavy atom. The van der Waals surface area contributed by atoms with Crippen molar-refractivity contribution >= 4 is 17.1 Å². The summed E-state index contributed by atoms with van der Waals surface area (Å²) in [5.41, 5.74) is 19.1. The first kappa shape index (κ1) is 41.4. The van der Waals surface area contributed by atoms with E-state index in [1.807, 2.05) is 60.7 Å². The monoisotopic (exact) mass is 882 g/mol. The van der Waals surface area contributed by atoms with Crippen molar-refractivity contribution in [2.45, 2.75) is 12.3 Å². The van der Waals surface area contributed by atoms with Crippen LogP contribution < -0.4 is 4.90 Å². The van der Waals surface area contributed by atoms with Crippen LogP contribution in [0.3, 0.4) is 0 Å². The Bertz CT molecular complexity index is 3480. The van der Waals surface area contributed by atoms with Crippen molar-refractivity contribution in [3.8, 4) is 67.5 Å². The lowest BCUT2D eigenvalue weighted by atomic mass is 9.66. The van der Waals surface area contributed by atoms with E-state index >= 15 is 0 Å². The number of anilines is 3. The predicted octanol–water partition coefficient (Wildman–Crippen LogP) is 16.3. The highest BCUT2D eigenvalue weighted by Gasteiger charge is 2.47. The molecule has 0 saturated heterocycles. The van der Waals surface area contributed by atoms with E-state index in [-0.39, 0.29) is 0 Å². The molecule has 326 valence electrons. The summed E-state index contributed by atoms with van der Waals surface area (Å²) in [6.07, 6.45) is 0. The second-order valence-electron chi connectivity index (χ2n) is 17.5. The van der Waals surface area contributed by atoms with E-state index in [1.54, 1.807) is 0 Å². The molecule has 12 rings (SSSR count). The van der Waals surface area contributed by atoms with Crippen LogP contribution in [0.15, 0.2) is 261 Å². The molecule has 1 aliphatic rings. The Morgan fingerprint density at radius 3 is 1.23 bits per heavy atom. The van der Waals surface area contributed by atoms with Gasteiger partial charge in [0.15, 0.2) is 17.5 Å². The smallest absolute Gasteiger partial charge is 0.164 e. The van der Waals surface area contributed by atoms with Crippen LogP contribution in [0, 0.1) is 6.92 Å². The maximum Gasteiger partial charge on any atom is 0.164 e. The van der Waals surface area contributed by atoms with Gasteiger partial charge in [-0.3, -0.25) is 0 Å². The summed E-state index contributed by atoms with van der Waals surface area (Å²) >= 11 is 0. The van der Waals surface area contributed by atoms with Crippen molar-refractivity contribution in [1.82, 2.24) is 15.0 Å². The summed E-state index contributed by atoms with van der Waals surface area (Å²) < 4.78 is 0. The molecule has 0 fully saturated rings. The molecular weight excluding hydrogens is 837 g/mol. The van der Waals surface area contributed by atoms with Gasteiger partial charge in [-0.05, 0) is 105 Å². The van der Waals surface area contributed by atoms with Gasteiger partial charge in [0.05, 0.1) is 5.41 Å². The number of rotatable bonds is 10. The third kappa shape index (κ3) is 7.31. The number of benzene rings is 10. The summed E-state index contributed by atoms with van der Waals surface area (Å²) in [7, 11) is 0. The number of para-hydroxylation sites is 2. The predicted molar refractivity (Wildman–Crippen MR) is 284 cm³/mol. The number of fused-ring (bicyclic) bond motifs is 3. The van der Waals surface area contributed by atoms with Gasteiger partial charge >= 0.3 is 0 Å². The molecule has 0 radical (unpaired) electrons. The van der Waals surface area contributed by atoms with Gasteiger partial charge < -0.3 is 4.90 Å². The molecule has 0 bridgehead atoms. The maximum absolute atomic E-state index is 5.01. The third-order valence-electron chi connectivity index (χ3n) is 13.6. The SMILES string of the molecule is Cc1c(-c2ccc(-c3nc(-c4ccccc4)nc(-c4ccccc4)n3)cc2)cccc1C1(c2ccccc2)c2ccccc2-c2c(-c3ccc(N(c4ccccc4)c4ccccc4)cc3)cccc21. The molecule has 1 aliphatic carbocycles. The summed E-state index contributed by atoms with van der Waals surface area (Å²) in [4.78, 5) is 17.3. The van der Waals surface area contributed by atoms with Gasteiger partial charge in [-0.2, -0.15) is 0 Å². The van der Waals surface area contributed by atoms with Gasteiger partial charge in [0.25, 0.3) is 0 Å². The Labute approximate surface area is 403 Å². The second-order valence-corrected chi connectivity index (χ2v) is 17.5. The van der Waals surface area contributed by atoms with Gasteiger partial charge in [-0.25, -0.2) is 15.0 Å². The molecule has 0 N–H and O–H groups in total. The van der Waals surface area contributed by atoms with Crippen molar-refractivity contribution in [1.29, 1.82) is 0 Å². The average Bonchev–Trinajstić information content (AvgIpc) is 3.73. The van der Waals surface area contributed by atoms with Crippen LogP contribution in [0.2, 0.25) is 0 Å². The zero-order valence-electron chi connectivity index (χ0n) is 38.1. The molecule has 1 aromatic heterocycles. The normalized spacial score (nSPS) is 13.6. The Hall–Kier alpha value is -8.99. The molecule has 0 aliphatic heterocycles. The van der Waals surface area contributed by atoms with Crippen LogP contribution in [-0.2, 0) is 5.41 Å². The van der Waals surface area contributed by atoms with Crippen molar-refractivity contribution in [2.24, 2.45) is 0 Å². The standard InChI is InChI=1S/C65H46N4/c1-45-55(46-37-39-50(40-38-46)64-67-62(48-21-7-2-8-22-48)66-63(68-64)49-23-9-3-10-24-49)32-19-35-58(45)65(51-25-11-4-12-26-51)59-34-18-17-31-57(59)61-56(33-20-36-60(61)65)47-41-43-54(44-42-47)69(52-27-13-5-14-28-52)53-29-15-6-16-30-53/h2-44H,1H3. The minimum atomic E-state index is -0.590. The van der Waals surface area contributed by atoms with E-state index in [1.165, 1.54) is 55.6 Å². The highest BCUT2D eigenvalue weighted by Crippen LogP contribution is 2.59. The lowest BCUT2D eigenvalue weighted by molar-refractivity contribution is 0.761. The van der Waals surface area contributed by atoms with Gasteiger partial charge in [-0.1, -0.05) is 224 Å². The fourth-order valence-electron chi connectivity index (χ4n) is 10.5. The van der Waals surface area contributed by atoms with Crippen LogP contribution >= 0.6 is 0 Å². The summed E-state index contributed by atoms with van der Waals surface area (Å²) in [6, 6.07) is 93.0. The zero-order valence-corrected chi connectivity index (χ0v) is 38.1.